The van der Waals surface area contributed by atoms with Crippen LogP contribution in [-0.4, -0.2) is 27.3 Å². The van der Waals surface area contributed by atoms with Crippen LogP contribution in [-0.2, 0) is 6.54 Å². The van der Waals surface area contributed by atoms with E-state index >= 15 is 0 Å². The molecule has 0 aliphatic heterocycles. The van der Waals surface area contributed by atoms with Gasteiger partial charge in [0.15, 0.2) is 5.76 Å². The number of methoxy groups -OCH3 is 1. The van der Waals surface area contributed by atoms with Crippen molar-refractivity contribution in [3.05, 3.63) is 48.0 Å². The summed E-state index contributed by atoms with van der Waals surface area (Å²) in [6.45, 7) is 0.530. The summed E-state index contributed by atoms with van der Waals surface area (Å²) in [4.78, 5) is 0. The fourth-order valence-electron chi connectivity index (χ4n) is 2.49. The van der Waals surface area contributed by atoms with Crippen LogP contribution in [0.5, 0.6) is 5.75 Å². The number of ether oxygens (including phenoxy) is 1. The molecule has 1 fully saturated rings. The van der Waals surface area contributed by atoms with E-state index in [4.69, 9.17) is 9.26 Å². The minimum atomic E-state index is 0.530. The summed E-state index contributed by atoms with van der Waals surface area (Å²) in [6.07, 6.45) is 4.32. The summed E-state index contributed by atoms with van der Waals surface area (Å²) >= 11 is 0. The second-order valence-corrected chi connectivity index (χ2v) is 5.49. The number of rotatable bonds is 5. The van der Waals surface area contributed by atoms with Gasteiger partial charge in [-0.3, -0.25) is 0 Å². The van der Waals surface area contributed by atoms with Crippen molar-refractivity contribution < 1.29 is 9.26 Å². The second-order valence-electron chi connectivity index (χ2n) is 5.49. The Hall–Kier alpha value is -2.63. The summed E-state index contributed by atoms with van der Waals surface area (Å²) in [7, 11) is 1.65. The van der Waals surface area contributed by atoms with E-state index in [-0.39, 0.29) is 0 Å². The third kappa shape index (κ3) is 2.47. The molecule has 1 saturated carbocycles. The molecule has 6 heteroatoms. The maximum atomic E-state index is 5.37. The zero-order chi connectivity index (χ0) is 14.9. The summed E-state index contributed by atoms with van der Waals surface area (Å²) in [5, 5.41) is 12.5. The van der Waals surface area contributed by atoms with Gasteiger partial charge in [-0.05, 0) is 25.0 Å². The lowest BCUT2D eigenvalue weighted by atomic mass is 10.1. The average Bonchev–Trinajstić information content (AvgIpc) is 3.13. The van der Waals surface area contributed by atoms with E-state index in [0.717, 1.165) is 28.5 Å². The van der Waals surface area contributed by atoms with Gasteiger partial charge in [0.25, 0.3) is 0 Å². The Kier molecular flexibility index (Phi) is 3.14. The topological polar surface area (TPSA) is 66.0 Å². The summed E-state index contributed by atoms with van der Waals surface area (Å²) in [5.41, 5.74) is 2.76. The van der Waals surface area contributed by atoms with Crippen molar-refractivity contribution in [2.45, 2.75) is 25.3 Å². The Labute approximate surface area is 127 Å². The first-order valence-corrected chi connectivity index (χ1v) is 7.32. The molecule has 112 valence electrons. The molecule has 0 amide bonds. The van der Waals surface area contributed by atoms with Crippen LogP contribution in [0, 0.1) is 0 Å². The van der Waals surface area contributed by atoms with Gasteiger partial charge in [-0.15, -0.1) is 5.10 Å². The molecule has 4 rings (SSSR count). The van der Waals surface area contributed by atoms with Gasteiger partial charge in [0.1, 0.15) is 18.0 Å². The van der Waals surface area contributed by atoms with Gasteiger partial charge in [0, 0.05) is 17.5 Å². The van der Waals surface area contributed by atoms with Gasteiger partial charge < -0.3 is 9.26 Å². The highest BCUT2D eigenvalue weighted by Crippen LogP contribution is 2.39. The van der Waals surface area contributed by atoms with E-state index in [1.807, 2.05) is 36.5 Å². The summed E-state index contributed by atoms with van der Waals surface area (Å²) in [5.74, 6) is 2.18. The fraction of sp³-hybridized carbons (Fsp3) is 0.312. The number of hydrogen-bond acceptors (Lipinski definition) is 5. The van der Waals surface area contributed by atoms with Crippen LogP contribution >= 0.6 is 0 Å². The largest absolute Gasteiger partial charge is 0.496 e. The molecule has 0 saturated heterocycles. The SMILES string of the molecule is COc1ccccc1-c1cn(Cc2cc(C3CC3)no2)nn1. The zero-order valence-electron chi connectivity index (χ0n) is 12.3. The monoisotopic (exact) mass is 296 g/mol. The maximum absolute atomic E-state index is 5.37. The third-order valence-corrected chi connectivity index (χ3v) is 3.81. The van der Waals surface area contributed by atoms with E-state index in [2.05, 4.69) is 15.5 Å². The number of nitrogens with zero attached hydrogens (tertiary/aromatic N) is 4. The maximum Gasteiger partial charge on any atom is 0.158 e. The second kappa shape index (κ2) is 5.29. The molecule has 0 spiro atoms. The summed E-state index contributed by atoms with van der Waals surface area (Å²) in [6, 6.07) is 9.78. The van der Waals surface area contributed by atoms with Crippen LogP contribution in [0.3, 0.4) is 0 Å². The van der Waals surface area contributed by atoms with Crippen molar-refractivity contribution in [3.8, 4) is 17.0 Å². The van der Waals surface area contributed by atoms with Crippen molar-refractivity contribution >= 4 is 0 Å². The molecule has 2 aromatic heterocycles. The number of aromatic nitrogens is 4. The van der Waals surface area contributed by atoms with E-state index in [1.165, 1.54) is 12.8 Å². The Morgan fingerprint density at radius 2 is 2.18 bits per heavy atom. The van der Waals surface area contributed by atoms with E-state index in [1.54, 1.807) is 11.8 Å². The normalized spacial score (nSPS) is 14.2. The molecule has 1 aliphatic rings. The molecular weight excluding hydrogens is 280 g/mol. The standard InChI is InChI=1S/C16H16N4O2/c1-21-16-5-3-2-4-13(16)15-10-20(19-17-15)9-12-8-14(18-22-12)11-6-7-11/h2-5,8,10-11H,6-7,9H2,1H3. The molecule has 6 nitrogen and oxygen atoms in total. The van der Waals surface area contributed by atoms with Crippen molar-refractivity contribution in [2.24, 2.45) is 0 Å². The van der Waals surface area contributed by atoms with Crippen LogP contribution < -0.4 is 4.74 Å². The van der Waals surface area contributed by atoms with Crippen LogP contribution in [0.1, 0.15) is 30.2 Å². The van der Waals surface area contributed by atoms with Crippen LogP contribution in [0.25, 0.3) is 11.3 Å². The van der Waals surface area contributed by atoms with Crippen LogP contribution in [0.4, 0.5) is 0 Å². The molecule has 22 heavy (non-hydrogen) atoms. The number of para-hydroxylation sites is 1. The van der Waals surface area contributed by atoms with Crippen molar-refractivity contribution in [3.63, 3.8) is 0 Å². The van der Waals surface area contributed by atoms with E-state index in [9.17, 15) is 0 Å². The molecule has 3 aromatic rings. The molecule has 0 N–H and O–H groups in total. The molecular formula is C16H16N4O2. The number of benzene rings is 1. The Morgan fingerprint density at radius 3 is 3.00 bits per heavy atom. The van der Waals surface area contributed by atoms with Gasteiger partial charge >= 0.3 is 0 Å². The highest BCUT2D eigenvalue weighted by molar-refractivity contribution is 5.65. The summed E-state index contributed by atoms with van der Waals surface area (Å²) < 4.78 is 12.5. The third-order valence-electron chi connectivity index (χ3n) is 3.81. The molecule has 0 atom stereocenters. The predicted molar refractivity (Wildman–Crippen MR) is 79.6 cm³/mol. The van der Waals surface area contributed by atoms with Crippen molar-refractivity contribution in [2.75, 3.05) is 7.11 Å². The first-order valence-electron chi connectivity index (χ1n) is 7.32. The molecule has 2 heterocycles. The quantitative estimate of drug-likeness (QED) is 0.724. The molecule has 0 radical (unpaired) electrons. The highest BCUT2D eigenvalue weighted by atomic mass is 16.5. The minimum Gasteiger partial charge on any atom is -0.496 e. The van der Waals surface area contributed by atoms with Gasteiger partial charge in [-0.25, -0.2) is 4.68 Å². The van der Waals surface area contributed by atoms with Crippen LogP contribution in [0.2, 0.25) is 0 Å². The Morgan fingerprint density at radius 1 is 1.32 bits per heavy atom. The van der Waals surface area contributed by atoms with Gasteiger partial charge in [0.05, 0.1) is 19.0 Å². The molecule has 0 bridgehead atoms. The van der Waals surface area contributed by atoms with Gasteiger partial charge in [0.2, 0.25) is 0 Å². The van der Waals surface area contributed by atoms with E-state index < -0.39 is 0 Å². The van der Waals surface area contributed by atoms with E-state index in [0.29, 0.717) is 12.5 Å². The van der Waals surface area contributed by atoms with Crippen molar-refractivity contribution in [1.29, 1.82) is 0 Å². The first kappa shape index (κ1) is 13.1. The lowest BCUT2D eigenvalue weighted by Gasteiger charge is -2.04. The van der Waals surface area contributed by atoms with Crippen LogP contribution in [0.15, 0.2) is 41.1 Å². The zero-order valence-corrected chi connectivity index (χ0v) is 12.3. The molecule has 1 aromatic carbocycles. The van der Waals surface area contributed by atoms with Gasteiger partial charge in [-0.2, -0.15) is 0 Å². The Balaban J connectivity index is 1.55. The van der Waals surface area contributed by atoms with Gasteiger partial charge in [-0.1, -0.05) is 22.5 Å². The highest BCUT2D eigenvalue weighted by Gasteiger charge is 2.27. The lowest BCUT2D eigenvalue weighted by Crippen LogP contribution is -1.98. The Bertz CT molecular complexity index is 789. The first-order chi connectivity index (χ1) is 10.8. The molecule has 0 unspecified atom stereocenters. The number of hydrogen-bond donors (Lipinski definition) is 0. The average molecular weight is 296 g/mol. The fourth-order valence-corrected chi connectivity index (χ4v) is 2.49. The minimum absolute atomic E-state index is 0.530. The van der Waals surface area contributed by atoms with Crippen molar-refractivity contribution in [1.82, 2.24) is 20.2 Å². The smallest absolute Gasteiger partial charge is 0.158 e. The lowest BCUT2D eigenvalue weighted by molar-refractivity contribution is 0.365. The molecule has 1 aliphatic carbocycles. The predicted octanol–water partition coefficient (Wildman–Crippen LogP) is 2.87.